The molecule has 168 valence electrons. The molecule has 1 saturated carbocycles. The average molecular weight is 431 g/mol. The minimum Gasteiger partial charge on any atom is -0.465 e. The van der Waals surface area contributed by atoms with Crippen LogP contribution in [0.25, 0.3) is 10.9 Å². The zero-order valence-corrected chi connectivity index (χ0v) is 18.0. The number of piperazine rings is 1. The number of nitro groups is 1. The van der Waals surface area contributed by atoms with Crippen molar-refractivity contribution in [2.75, 3.05) is 40.5 Å². The van der Waals surface area contributed by atoms with Gasteiger partial charge in [0.1, 0.15) is 5.56 Å². The van der Waals surface area contributed by atoms with E-state index in [2.05, 4.69) is 15.3 Å². The third kappa shape index (κ3) is 4.56. The highest BCUT2D eigenvalue weighted by Crippen LogP contribution is 2.33. The van der Waals surface area contributed by atoms with Crippen LogP contribution in [0, 0.1) is 10.1 Å². The smallest absolute Gasteiger partial charge is 0.344 e. The van der Waals surface area contributed by atoms with Crippen molar-refractivity contribution in [1.29, 1.82) is 0 Å². The van der Waals surface area contributed by atoms with E-state index in [1.54, 1.807) is 7.11 Å². The third-order valence-corrected chi connectivity index (χ3v) is 6.45. The van der Waals surface area contributed by atoms with E-state index in [0.717, 1.165) is 51.9 Å². The molecule has 2 aliphatic rings. The Morgan fingerprint density at radius 1 is 1.26 bits per heavy atom. The molecule has 2 aromatic rings. The number of hydrogen-bond donors (Lipinski definition) is 1. The highest BCUT2D eigenvalue weighted by atomic mass is 16.6. The van der Waals surface area contributed by atoms with Crippen LogP contribution in [0.2, 0.25) is 0 Å². The fraction of sp³-hybridized carbons (Fsp3) is 0.619. The molecule has 10 nitrogen and oxygen atoms in total. The molecule has 1 N–H and O–H groups in total. The van der Waals surface area contributed by atoms with Gasteiger partial charge in [-0.3, -0.25) is 19.7 Å². The summed E-state index contributed by atoms with van der Waals surface area (Å²) in [5, 5.41) is 20.2. The lowest BCUT2D eigenvalue weighted by molar-refractivity contribution is -0.385. The zero-order chi connectivity index (χ0) is 22.0. The molecule has 0 unspecified atom stereocenters. The van der Waals surface area contributed by atoms with E-state index in [9.17, 15) is 14.9 Å². The Hall–Kier alpha value is -2.56. The number of aromatic nitrogens is 2. The van der Waals surface area contributed by atoms with Crippen molar-refractivity contribution in [2.24, 2.45) is 0 Å². The lowest BCUT2D eigenvalue weighted by atomic mass is 9.89. The summed E-state index contributed by atoms with van der Waals surface area (Å²) in [4.78, 5) is 25.4. The predicted molar refractivity (Wildman–Crippen MR) is 114 cm³/mol. The second kappa shape index (κ2) is 9.29. The van der Waals surface area contributed by atoms with E-state index in [0.29, 0.717) is 23.0 Å². The molecule has 1 saturated heterocycles. The van der Waals surface area contributed by atoms with Crippen LogP contribution in [0.15, 0.2) is 18.3 Å². The third-order valence-electron chi connectivity index (χ3n) is 6.45. The molecule has 0 spiro atoms. The zero-order valence-electron chi connectivity index (χ0n) is 18.0. The molecule has 2 fully saturated rings. The number of carbonyl (C=O) groups is 1. The standard InChI is InChI=1S/C21H29N5O5/c1-30-13-15-12-24(8-7-22-15)16-3-5-17(6-4-16)25-11-14-9-20(26(28)29)18(21(27)31-2)10-19(14)23-25/h9-11,15-17,22H,3-8,12-13H2,1-2H3/t15-,16?,17?/m1/s1. The second-order valence-electron chi connectivity index (χ2n) is 8.35. The highest BCUT2D eigenvalue weighted by Gasteiger charge is 2.31. The van der Waals surface area contributed by atoms with Crippen LogP contribution < -0.4 is 5.32 Å². The first-order chi connectivity index (χ1) is 15.0. The molecule has 1 atom stereocenters. The molecule has 10 heteroatoms. The molecule has 0 amide bonds. The van der Waals surface area contributed by atoms with E-state index >= 15 is 0 Å². The number of benzene rings is 1. The Morgan fingerprint density at radius 3 is 2.68 bits per heavy atom. The normalized spacial score (nSPS) is 24.9. The van der Waals surface area contributed by atoms with Crippen molar-refractivity contribution in [1.82, 2.24) is 20.0 Å². The predicted octanol–water partition coefficient (Wildman–Crippen LogP) is 2.13. The van der Waals surface area contributed by atoms with Gasteiger partial charge in [0.2, 0.25) is 0 Å². The number of nitrogens with one attached hydrogen (secondary N) is 1. The Morgan fingerprint density at radius 2 is 2.00 bits per heavy atom. The Kier molecular flexibility index (Phi) is 6.49. The number of nitrogens with zero attached hydrogens (tertiary/aromatic N) is 4. The molecule has 4 rings (SSSR count). The van der Waals surface area contributed by atoms with Crippen molar-refractivity contribution >= 4 is 22.6 Å². The van der Waals surface area contributed by atoms with Gasteiger partial charge in [-0.2, -0.15) is 5.10 Å². The van der Waals surface area contributed by atoms with E-state index < -0.39 is 10.9 Å². The number of carbonyl (C=O) groups excluding carboxylic acids is 1. The number of hydrogen-bond acceptors (Lipinski definition) is 8. The first-order valence-corrected chi connectivity index (χ1v) is 10.7. The van der Waals surface area contributed by atoms with Crippen LogP contribution in [0.4, 0.5) is 5.69 Å². The van der Waals surface area contributed by atoms with Crippen LogP contribution in [0.5, 0.6) is 0 Å². The molecule has 2 heterocycles. The van der Waals surface area contributed by atoms with Gasteiger partial charge in [0, 0.05) is 56.5 Å². The van der Waals surface area contributed by atoms with Crippen LogP contribution >= 0.6 is 0 Å². The molecule has 1 aromatic carbocycles. The van der Waals surface area contributed by atoms with Gasteiger partial charge < -0.3 is 14.8 Å². The number of methoxy groups -OCH3 is 2. The number of rotatable bonds is 6. The van der Waals surface area contributed by atoms with Crippen LogP contribution in [-0.4, -0.2) is 78.1 Å². The van der Waals surface area contributed by atoms with Gasteiger partial charge in [-0.15, -0.1) is 0 Å². The molecule has 1 aromatic heterocycles. The Balaban J connectivity index is 1.46. The summed E-state index contributed by atoms with van der Waals surface area (Å²) in [5.74, 6) is -0.730. The maximum atomic E-state index is 12.0. The summed E-state index contributed by atoms with van der Waals surface area (Å²) in [6.07, 6.45) is 6.04. The first-order valence-electron chi connectivity index (χ1n) is 10.7. The van der Waals surface area contributed by atoms with E-state index in [1.165, 1.54) is 19.2 Å². The van der Waals surface area contributed by atoms with Crippen molar-refractivity contribution in [3.8, 4) is 0 Å². The van der Waals surface area contributed by atoms with Crippen LogP contribution in [0.1, 0.15) is 42.1 Å². The second-order valence-corrected chi connectivity index (χ2v) is 8.35. The number of nitro benzene ring substituents is 1. The maximum Gasteiger partial charge on any atom is 0.344 e. The van der Waals surface area contributed by atoms with Crippen molar-refractivity contribution in [2.45, 2.75) is 43.8 Å². The molecule has 0 radical (unpaired) electrons. The van der Waals surface area contributed by atoms with E-state index in [-0.39, 0.29) is 17.3 Å². The van der Waals surface area contributed by atoms with Crippen LogP contribution in [-0.2, 0) is 9.47 Å². The van der Waals surface area contributed by atoms with E-state index in [1.807, 2.05) is 10.9 Å². The number of fused-ring (bicyclic) bond motifs is 1. The number of esters is 1. The number of ether oxygens (including phenoxy) is 2. The summed E-state index contributed by atoms with van der Waals surface area (Å²) in [5.41, 5.74) is 0.239. The van der Waals surface area contributed by atoms with Crippen LogP contribution in [0.3, 0.4) is 0 Å². The molecule has 1 aliphatic carbocycles. The fourth-order valence-corrected chi connectivity index (χ4v) is 4.87. The Labute approximate surface area is 180 Å². The monoisotopic (exact) mass is 431 g/mol. The fourth-order valence-electron chi connectivity index (χ4n) is 4.87. The topological polar surface area (TPSA) is 112 Å². The van der Waals surface area contributed by atoms with Gasteiger partial charge in [-0.05, 0) is 31.7 Å². The molecule has 1 aliphatic heterocycles. The molecule has 0 bridgehead atoms. The quantitative estimate of drug-likeness (QED) is 0.421. The maximum absolute atomic E-state index is 12.0. The van der Waals surface area contributed by atoms with Gasteiger partial charge in [0.05, 0.1) is 30.2 Å². The van der Waals surface area contributed by atoms with Crippen molar-refractivity contribution in [3.05, 3.63) is 34.0 Å². The lowest BCUT2D eigenvalue weighted by Gasteiger charge is -2.41. The van der Waals surface area contributed by atoms with Gasteiger partial charge in [-0.1, -0.05) is 0 Å². The lowest BCUT2D eigenvalue weighted by Crippen LogP contribution is -2.55. The summed E-state index contributed by atoms with van der Waals surface area (Å²) >= 11 is 0. The molecular weight excluding hydrogens is 402 g/mol. The minimum absolute atomic E-state index is 0.0710. The van der Waals surface area contributed by atoms with Gasteiger partial charge in [0.25, 0.3) is 5.69 Å². The average Bonchev–Trinajstić information content (AvgIpc) is 3.21. The van der Waals surface area contributed by atoms with Crippen molar-refractivity contribution < 1.29 is 19.2 Å². The van der Waals surface area contributed by atoms with Crippen molar-refractivity contribution in [3.63, 3.8) is 0 Å². The highest BCUT2D eigenvalue weighted by molar-refractivity contribution is 5.99. The summed E-state index contributed by atoms with van der Waals surface area (Å²) < 4.78 is 11.9. The van der Waals surface area contributed by atoms with Gasteiger partial charge >= 0.3 is 5.97 Å². The minimum atomic E-state index is -0.730. The Bertz CT molecular complexity index is 951. The van der Waals surface area contributed by atoms with E-state index in [4.69, 9.17) is 9.47 Å². The SMILES string of the molecule is COC[C@H]1CN(C2CCC(n3cc4cc([N+](=O)[O-])c(C(=O)OC)cc4n3)CC2)CCN1. The van der Waals surface area contributed by atoms with Gasteiger partial charge in [-0.25, -0.2) is 4.79 Å². The summed E-state index contributed by atoms with van der Waals surface area (Å²) in [7, 11) is 2.95. The summed E-state index contributed by atoms with van der Waals surface area (Å²) in [6.45, 7) is 3.78. The first kappa shape index (κ1) is 21.7. The summed E-state index contributed by atoms with van der Waals surface area (Å²) in [6, 6.07) is 4.07. The molecule has 31 heavy (non-hydrogen) atoms. The largest absolute Gasteiger partial charge is 0.465 e. The van der Waals surface area contributed by atoms with Gasteiger partial charge in [0.15, 0.2) is 0 Å². The molecular formula is C21H29N5O5.